The number of rotatable bonds is 7. The Morgan fingerprint density at radius 2 is 2.13 bits per heavy atom. The first kappa shape index (κ1) is 17.5. The van der Waals surface area contributed by atoms with Crippen molar-refractivity contribution in [3.05, 3.63) is 18.2 Å². The molecular formula is C14H16F3N3O2S. The number of carbonyl (C=O) groups excluding carboxylic acids is 1. The third kappa shape index (κ3) is 5.68. The Morgan fingerprint density at radius 1 is 1.35 bits per heavy atom. The van der Waals surface area contributed by atoms with Crippen molar-refractivity contribution in [2.24, 2.45) is 0 Å². The van der Waals surface area contributed by atoms with Crippen LogP contribution in [0.1, 0.15) is 19.3 Å². The molecule has 0 saturated heterocycles. The molecule has 0 aliphatic carbocycles. The predicted molar refractivity (Wildman–Crippen MR) is 82.7 cm³/mol. The summed E-state index contributed by atoms with van der Waals surface area (Å²) < 4.78 is 41.0. The van der Waals surface area contributed by atoms with E-state index in [1.54, 1.807) is 0 Å². The van der Waals surface area contributed by atoms with Crippen LogP contribution in [0.3, 0.4) is 0 Å². The van der Waals surface area contributed by atoms with Crippen molar-refractivity contribution in [1.82, 2.24) is 10.3 Å². The number of alkyl halides is 3. The van der Waals surface area contributed by atoms with Crippen molar-refractivity contribution in [1.29, 1.82) is 0 Å². The lowest BCUT2D eigenvalue weighted by molar-refractivity contribution is -0.274. The van der Waals surface area contributed by atoms with E-state index in [1.165, 1.54) is 18.2 Å². The molecule has 2 rings (SSSR count). The highest BCUT2D eigenvalue weighted by Gasteiger charge is 2.31. The summed E-state index contributed by atoms with van der Waals surface area (Å²) >= 11 is 1.11. The molecule has 126 valence electrons. The van der Waals surface area contributed by atoms with Crippen LogP contribution in [0.2, 0.25) is 0 Å². The number of anilines is 1. The van der Waals surface area contributed by atoms with Gasteiger partial charge in [-0.05, 0) is 38.6 Å². The van der Waals surface area contributed by atoms with Gasteiger partial charge in [0.25, 0.3) is 0 Å². The lowest BCUT2D eigenvalue weighted by atomic mass is 10.2. The van der Waals surface area contributed by atoms with Gasteiger partial charge in [-0.25, -0.2) is 4.98 Å². The first-order valence-corrected chi connectivity index (χ1v) is 7.80. The number of carbonyl (C=O) groups is 1. The minimum Gasteiger partial charge on any atom is -0.406 e. The molecule has 1 amide bonds. The lowest BCUT2D eigenvalue weighted by Gasteiger charge is -2.07. The topological polar surface area (TPSA) is 63.2 Å². The zero-order valence-corrected chi connectivity index (χ0v) is 13.2. The van der Waals surface area contributed by atoms with Gasteiger partial charge in [0.1, 0.15) is 5.75 Å². The zero-order valence-electron chi connectivity index (χ0n) is 12.4. The van der Waals surface area contributed by atoms with E-state index in [4.69, 9.17) is 0 Å². The minimum atomic E-state index is -4.73. The quantitative estimate of drug-likeness (QED) is 0.752. The standard InChI is InChI=1S/C14H16F3N3O2S/c1-18-7-3-2-4-12(21)20-13-19-10-6-5-9(8-11(10)23-13)22-14(15,16)17/h5-6,8,18H,2-4,7H2,1H3,(H,19,20,21). The SMILES string of the molecule is CNCCCCC(=O)Nc1nc2ccc(OC(F)(F)F)cc2s1. The van der Waals surface area contributed by atoms with Crippen molar-refractivity contribution in [3.8, 4) is 5.75 Å². The summed E-state index contributed by atoms with van der Waals surface area (Å²) in [4.78, 5) is 15.9. The molecule has 5 nitrogen and oxygen atoms in total. The zero-order chi connectivity index (χ0) is 16.9. The van der Waals surface area contributed by atoms with Crippen LogP contribution in [0.5, 0.6) is 5.75 Å². The number of ether oxygens (including phenoxy) is 1. The lowest BCUT2D eigenvalue weighted by Crippen LogP contribution is -2.16. The normalized spacial score (nSPS) is 11.7. The van der Waals surface area contributed by atoms with E-state index >= 15 is 0 Å². The van der Waals surface area contributed by atoms with E-state index < -0.39 is 6.36 Å². The summed E-state index contributed by atoms with van der Waals surface area (Å²) in [5.41, 5.74) is 0.509. The van der Waals surface area contributed by atoms with Crippen LogP contribution >= 0.6 is 11.3 Å². The molecule has 0 bridgehead atoms. The molecular weight excluding hydrogens is 331 g/mol. The molecule has 0 aliphatic rings. The molecule has 23 heavy (non-hydrogen) atoms. The second kappa shape index (κ2) is 7.60. The van der Waals surface area contributed by atoms with E-state index in [1.807, 2.05) is 7.05 Å². The molecule has 1 aromatic heterocycles. The summed E-state index contributed by atoms with van der Waals surface area (Å²) in [7, 11) is 1.85. The predicted octanol–water partition coefficient (Wildman–Crippen LogP) is 3.52. The van der Waals surface area contributed by atoms with Gasteiger partial charge in [0, 0.05) is 12.5 Å². The summed E-state index contributed by atoms with van der Waals surface area (Å²) in [6.45, 7) is 0.844. The van der Waals surface area contributed by atoms with E-state index in [2.05, 4.69) is 20.4 Å². The average Bonchev–Trinajstić information content (AvgIpc) is 2.83. The first-order chi connectivity index (χ1) is 10.9. The van der Waals surface area contributed by atoms with Gasteiger partial charge in [0.05, 0.1) is 10.2 Å². The van der Waals surface area contributed by atoms with Gasteiger partial charge in [0.15, 0.2) is 5.13 Å². The van der Waals surface area contributed by atoms with Crippen molar-refractivity contribution in [2.45, 2.75) is 25.6 Å². The molecule has 1 aromatic carbocycles. The Balaban J connectivity index is 1.98. The third-order valence-corrected chi connectivity index (χ3v) is 3.85. The number of halogens is 3. The Hall–Kier alpha value is -1.87. The van der Waals surface area contributed by atoms with Gasteiger partial charge in [-0.3, -0.25) is 4.79 Å². The molecule has 0 unspecified atom stereocenters. The molecule has 0 radical (unpaired) electrons. The maximum absolute atomic E-state index is 12.2. The van der Waals surface area contributed by atoms with E-state index in [0.717, 1.165) is 30.7 Å². The van der Waals surface area contributed by atoms with E-state index in [9.17, 15) is 18.0 Å². The Kier molecular flexibility index (Phi) is 5.78. The molecule has 9 heteroatoms. The van der Waals surface area contributed by atoms with Gasteiger partial charge in [0.2, 0.25) is 5.91 Å². The second-order valence-corrected chi connectivity index (χ2v) is 5.84. The number of nitrogens with zero attached hydrogens (tertiary/aromatic N) is 1. The molecule has 2 N–H and O–H groups in total. The maximum atomic E-state index is 12.2. The number of benzene rings is 1. The summed E-state index contributed by atoms with van der Waals surface area (Å²) in [5, 5.41) is 6.02. The largest absolute Gasteiger partial charge is 0.573 e. The average molecular weight is 347 g/mol. The van der Waals surface area contributed by atoms with Crippen LogP contribution in [0.15, 0.2) is 18.2 Å². The van der Waals surface area contributed by atoms with Crippen molar-refractivity contribution >= 4 is 32.6 Å². The fourth-order valence-corrected chi connectivity index (χ4v) is 2.84. The van der Waals surface area contributed by atoms with Crippen LogP contribution in [-0.4, -0.2) is 30.8 Å². The van der Waals surface area contributed by atoms with Crippen molar-refractivity contribution < 1.29 is 22.7 Å². The van der Waals surface area contributed by atoms with Crippen LogP contribution in [0.4, 0.5) is 18.3 Å². The number of unbranched alkanes of at least 4 members (excludes halogenated alkanes) is 1. The molecule has 0 saturated carbocycles. The number of nitrogens with one attached hydrogen (secondary N) is 2. The molecule has 0 aliphatic heterocycles. The first-order valence-electron chi connectivity index (χ1n) is 6.98. The Bertz CT molecular complexity index is 673. The highest BCUT2D eigenvalue weighted by Crippen LogP contribution is 2.31. The summed E-state index contributed by atoms with van der Waals surface area (Å²) in [6.07, 6.45) is -2.72. The third-order valence-electron chi connectivity index (χ3n) is 2.92. The van der Waals surface area contributed by atoms with Gasteiger partial charge < -0.3 is 15.4 Å². The molecule has 0 atom stereocenters. The number of aromatic nitrogens is 1. The van der Waals surface area contributed by atoms with Crippen molar-refractivity contribution in [3.63, 3.8) is 0 Å². The number of thiazole rings is 1. The van der Waals surface area contributed by atoms with Crippen molar-refractivity contribution in [2.75, 3.05) is 18.9 Å². The molecule has 2 aromatic rings. The van der Waals surface area contributed by atoms with Gasteiger partial charge in [-0.15, -0.1) is 13.2 Å². The highest BCUT2D eigenvalue weighted by atomic mass is 32.1. The second-order valence-electron chi connectivity index (χ2n) is 4.81. The van der Waals surface area contributed by atoms with E-state index in [0.29, 0.717) is 21.8 Å². The van der Waals surface area contributed by atoms with Crippen LogP contribution in [0.25, 0.3) is 10.2 Å². The number of hydrogen-bond donors (Lipinski definition) is 2. The van der Waals surface area contributed by atoms with E-state index in [-0.39, 0.29) is 11.7 Å². The number of amides is 1. The molecule has 0 spiro atoms. The van der Waals surface area contributed by atoms with Gasteiger partial charge in [-0.1, -0.05) is 11.3 Å². The minimum absolute atomic E-state index is 0.160. The Morgan fingerprint density at radius 3 is 2.83 bits per heavy atom. The monoisotopic (exact) mass is 347 g/mol. The molecule has 0 fully saturated rings. The van der Waals surface area contributed by atoms with Crippen LogP contribution in [-0.2, 0) is 4.79 Å². The Labute approximate surface area is 134 Å². The number of hydrogen-bond acceptors (Lipinski definition) is 5. The number of fused-ring (bicyclic) bond motifs is 1. The fourth-order valence-electron chi connectivity index (χ4n) is 1.92. The molecule has 1 heterocycles. The van der Waals surface area contributed by atoms with Gasteiger partial charge >= 0.3 is 6.36 Å². The smallest absolute Gasteiger partial charge is 0.406 e. The van der Waals surface area contributed by atoms with Gasteiger partial charge in [-0.2, -0.15) is 0 Å². The van der Waals surface area contributed by atoms with Crippen LogP contribution in [0, 0.1) is 0 Å². The maximum Gasteiger partial charge on any atom is 0.573 e. The summed E-state index contributed by atoms with van der Waals surface area (Å²) in [5.74, 6) is -0.467. The highest BCUT2D eigenvalue weighted by molar-refractivity contribution is 7.22. The van der Waals surface area contributed by atoms with Crippen LogP contribution < -0.4 is 15.4 Å². The fraction of sp³-hybridized carbons (Fsp3) is 0.429. The summed E-state index contributed by atoms with van der Waals surface area (Å²) in [6, 6.07) is 3.87.